The Morgan fingerprint density at radius 3 is 2.41 bits per heavy atom. The minimum Gasteiger partial charge on any atom is -0.495 e. The summed E-state index contributed by atoms with van der Waals surface area (Å²) in [5.74, 6) is 6.12. The molecule has 0 bridgehead atoms. The number of rotatable bonds is 11. The van der Waals surface area contributed by atoms with E-state index in [0.29, 0.717) is 22.3 Å². The van der Waals surface area contributed by atoms with Crippen molar-refractivity contribution >= 4 is 32.1 Å². The van der Waals surface area contributed by atoms with Crippen molar-refractivity contribution in [3.63, 3.8) is 0 Å². The molecule has 0 spiro atoms. The zero-order chi connectivity index (χ0) is 32.3. The summed E-state index contributed by atoms with van der Waals surface area (Å²) in [6.07, 6.45) is -0.438. The highest BCUT2D eigenvalue weighted by Gasteiger charge is 2.30. The highest BCUT2D eigenvalue weighted by atomic mass is 32.2. The zero-order valence-corrected chi connectivity index (χ0v) is 26.9. The maximum Gasteiger partial charge on any atom is 0.406 e. The van der Waals surface area contributed by atoms with Crippen molar-refractivity contribution in [1.82, 2.24) is 9.47 Å². The van der Waals surface area contributed by atoms with E-state index < -0.39 is 22.6 Å². The van der Waals surface area contributed by atoms with E-state index in [1.807, 2.05) is 19.9 Å². The molecule has 2 aromatic carbocycles. The molecule has 1 aliphatic heterocycles. The number of nitrogens with zero attached hydrogens (tertiary/aromatic N) is 2. The lowest BCUT2D eigenvalue weighted by atomic mass is 10.0. The quantitative estimate of drug-likeness (QED) is 0.197. The fraction of sp³-hybridized carbons (Fsp3) is 0.500. The number of piperidine rings is 1. The number of benzene rings is 2. The minimum atomic E-state index is -4.42. The van der Waals surface area contributed by atoms with Gasteiger partial charge in [-0.3, -0.25) is 0 Å². The number of ether oxygens (including phenoxy) is 2. The van der Waals surface area contributed by atoms with E-state index >= 15 is 0 Å². The lowest BCUT2D eigenvalue weighted by Crippen LogP contribution is -2.39. The molecule has 0 amide bonds. The van der Waals surface area contributed by atoms with E-state index in [4.69, 9.17) is 9.47 Å². The summed E-state index contributed by atoms with van der Waals surface area (Å²) < 4.78 is 76.1. The van der Waals surface area contributed by atoms with Crippen LogP contribution in [0.3, 0.4) is 0 Å². The SMILES string of the molecule is CC.COCCCN1CCC(Nc2cccc3c2cc(C#CCNc2ccc(S(C)(=O)=O)cc2OC)n3CC(F)(F)F)CC1. The maximum absolute atomic E-state index is 13.6. The molecule has 1 aromatic heterocycles. The van der Waals surface area contributed by atoms with Crippen molar-refractivity contribution in [2.24, 2.45) is 0 Å². The van der Waals surface area contributed by atoms with Gasteiger partial charge in [-0.1, -0.05) is 25.8 Å². The summed E-state index contributed by atoms with van der Waals surface area (Å²) in [6.45, 7) is 6.60. The molecular weight excluding hydrogens is 593 g/mol. The number of sulfone groups is 1. The summed E-state index contributed by atoms with van der Waals surface area (Å²) >= 11 is 0. The van der Waals surface area contributed by atoms with Crippen LogP contribution in [0, 0.1) is 11.8 Å². The highest BCUT2D eigenvalue weighted by Crippen LogP contribution is 2.32. The van der Waals surface area contributed by atoms with Crippen LogP contribution in [0.4, 0.5) is 24.5 Å². The number of nitrogens with one attached hydrogen (secondary N) is 2. The van der Waals surface area contributed by atoms with Crippen molar-refractivity contribution in [2.75, 3.05) is 63.9 Å². The Kier molecular flexibility index (Phi) is 12.8. The molecule has 1 fully saturated rings. The van der Waals surface area contributed by atoms with Crippen molar-refractivity contribution in [1.29, 1.82) is 0 Å². The number of hydrogen-bond acceptors (Lipinski definition) is 7. The first-order chi connectivity index (χ1) is 21.0. The third kappa shape index (κ3) is 9.81. The van der Waals surface area contributed by atoms with Crippen LogP contribution in [0.1, 0.15) is 38.8 Å². The Morgan fingerprint density at radius 2 is 1.77 bits per heavy atom. The van der Waals surface area contributed by atoms with Crippen LogP contribution in [0.2, 0.25) is 0 Å². The van der Waals surface area contributed by atoms with E-state index in [9.17, 15) is 21.6 Å². The molecule has 0 saturated carbocycles. The molecule has 12 heteroatoms. The molecule has 242 valence electrons. The molecule has 0 atom stereocenters. The van der Waals surface area contributed by atoms with Crippen LogP contribution in [0.25, 0.3) is 10.9 Å². The second-order valence-corrected chi connectivity index (χ2v) is 12.4. The largest absolute Gasteiger partial charge is 0.495 e. The van der Waals surface area contributed by atoms with E-state index in [1.54, 1.807) is 31.4 Å². The van der Waals surface area contributed by atoms with Crippen LogP contribution >= 0.6 is 0 Å². The number of halogens is 3. The van der Waals surface area contributed by atoms with E-state index in [1.165, 1.54) is 23.8 Å². The van der Waals surface area contributed by atoms with Gasteiger partial charge >= 0.3 is 6.18 Å². The molecule has 1 saturated heterocycles. The molecule has 8 nitrogen and oxygen atoms in total. The number of fused-ring (bicyclic) bond motifs is 1. The average molecular weight is 637 g/mol. The molecule has 1 aliphatic rings. The molecular formula is C32H43F3N4O4S. The second kappa shape index (κ2) is 16.1. The molecule has 0 aliphatic carbocycles. The highest BCUT2D eigenvalue weighted by molar-refractivity contribution is 7.90. The number of likely N-dealkylation sites (tertiary alicyclic amines) is 1. The van der Waals surface area contributed by atoms with Crippen LogP contribution in [0.15, 0.2) is 47.4 Å². The first-order valence-corrected chi connectivity index (χ1v) is 16.7. The summed E-state index contributed by atoms with van der Waals surface area (Å²) in [4.78, 5) is 2.53. The van der Waals surface area contributed by atoms with Crippen LogP contribution < -0.4 is 15.4 Å². The monoisotopic (exact) mass is 636 g/mol. The van der Waals surface area contributed by atoms with Crippen molar-refractivity contribution in [3.05, 3.63) is 48.2 Å². The van der Waals surface area contributed by atoms with E-state index in [-0.39, 0.29) is 23.2 Å². The van der Waals surface area contributed by atoms with E-state index in [2.05, 4.69) is 27.4 Å². The molecule has 2 N–H and O–H groups in total. The number of hydrogen-bond donors (Lipinski definition) is 2. The predicted molar refractivity (Wildman–Crippen MR) is 170 cm³/mol. The molecule has 3 aromatic rings. The topological polar surface area (TPSA) is 84.8 Å². The molecule has 0 unspecified atom stereocenters. The lowest BCUT2D eigenvalue weighted by Gasteiger charge is -2.33. The lowest BCUT2D eigenvalue weighted by molar-refractivity contribution is -0.140. The van der Waals surface area contributed by atoms with Gasteiger partial charge in [0, 0.05) is 62.8 Å². The number of aromatic nitrogens is 1. The van der Waals surface area contributed by atoms with Gasteiger partial charge in [-0.15, -0.1) is 0 Å². The van der Waals surface area contributed by atoms with Crippen molar-refractivity contribution in [2.45, 2.75) is 56.8 Å². The van der Waals surface area contributed by atoms with Crippen LogP contribution in [0.5, 0.6) is 5.75 Å². The second-order valence-electron chi connectivity index (χ2n) is 10.4. The Morgan fingerprint density at radius 1 is 1.05 bits per heavy atom. The Hall–Kier alpha value is -3.40. The van der Waals surface area contributed by atoms with Crippen molar-refractivity contribution in [3.8, 4) is 17.6 Å². The molecule has 44 heavy (non-hydrogen) atoms. The van der Waals surface area contributed by atoms with Gasteiger partial charge in [0.2, 0.25) is 0 Å². The number of anilines is 2. The van der Waals surface area contributed by atoms with Gasteiger partial charge in [-0.25, -0.2) is 8.42 Å². The van der Waals surface area contributed by atoms with Crippen LogP contribution in [-0.2, 0) is 21.1 Å². The number of methoxy groups -OCH3 is 2. The summed E-state index contributed by atoms with van der Waals surface area (Å²) in [7, 11) is -0.283. The normalized spacial score (nSPS) is 14.4. The van der Waals surface area contributed by atoms with Gasteiger partial charge in [0.25, 0.3) is 0 Å². The first kappa shape index (κ1) is 35.1. The standard InChI is InChI=1S/C30H37F3N4O4S.C2H6/c1-40-18-6-15-36-16-12-22(13-17-36)35-26-8-4-9-28-25(26)19-23(37(28)21-30(31,32)33)7-5-14-34-27-11-10-24(42(3,38)39)20-29(27)41-2;1-2/h4,8-11,19-20,22,34-35H,6,12-18,21H2,1-3H3;1-2H3. The van der Waals surface area contributed by atoms with Gasteiger partial charge in [0.15, 0.2) is 9.84 Å². The van der Waals surface area contributed by atoms with Crippen LogP contribution in [-0.4, -0.2) is 83.4 Å². The third-order valence-electron chi connectivity index (χ3n) is 7.24. The Labute approximate surface area is 258 Å². The first-order valence-electron chi connectivity index (χ1n) is 14.8. The van der Waals surface area contributed by atoms with Gasteiger partial charge in [0.1, 0.15) is 12.3 Å². The van der Waals surface area contributed by atoms with Gasteiger partial charge in [-0.05, 0) is 55.5 Å². The minimum absolute atomic E-state index is 0.107. The van der Waals surface area contributed by atoms with Gasteiger partial charge < -0.3 is 29.6 Å². The Bertz CT molecular complexity index is 1540. The summed E-state index contributed by atoms with van der Waals surface area (Å²) in [5.41, 5.74) is 2.03. The smallest absolute Gasteiger partial charge is 0.406 e. The van der Waals surface area contributed by atoms with E-state index in [0.717, 1.165) is 57.4 Å². The summed E-state index contributed by atoms with van der Waals surface area (Å²) in [5, 5.41) is 7.31. The van der Waals surface area contributed by atoms with Gasteiger partial charge in [0.05, 0.1) is 35.4 Å². The van der Waals surface area contributed by atoms with Gasteiger partial charge in [-0.2, -0.15) is 13.2 Å². The number of alkyl halides is 3. The average Bonchev–Trinajstić information content (AvgIpc) is 3.33. The Balaban J connectivity index is 0.00000259. The van der Waals surface area contributed by atoms with Crippen molar-refractivity contribution < 1.29 is 31.1 Å². The third-order valence-corrected chi connectivity index (χ3v) is 8.35. The fourth-order valence-electron chi connectivity index (χ4n) is 5.14. The maximum atomic E-state index is 13.6. The molecule has 4 rings (SSSR count). The molecule has 2 heterocycles. The fourth-order valence-corrected chi connectivity index (χ4v) is 5.78. The summed E-state index contributed by atoms with van der Waals surface area (Å²) in [6, 6.07) is 11.7. The molecule has 0 radical (unpaired) electrons. The zero-order valence-electron chi connectivity index (χ0n) is 26.1. The predicted octanol–water partition coefficient (Wildman–Crippen LogP) is 6.02.